The summed E-state index contributed by atoms with van der Waals surface area (Å²) < 4.78 is 31.1. The van der Waals surface area contributed by atoms with Crippen molar-refractivity contribution in [1.29, 1.82) is 0 Å². The van der Waals surface area contributed by atoms with Gasteiger partial charge in [0.2, 0.25) is 5.95 Å². The second kappa shape index (κ2) is 6.47. The lowest BCUT2D eigenvalue weighted by Crippen LogP contribution is -2.34. The van der Waals surface area contributed by atoms with Crippen LogP contribution < -0.4 is 5.32 Å². The first-order valence-electron chi connectivity index (χ1n) is 5.54. The van der Waals surface area contributed by atoms with Gasteiger partial charge in [0.05, 0.1) is 6.61 Å². The molecule has 0 radical (unpaired) electrons. The van der Waals surface area contributed by atoms with E-state index in [1.165, 1.54) is 0 Å². The number of carbonyl (C=O) groups is 2. The van der Waals surface area contributed by atoms with Crippen molar-refractivity contribution >= 4 is 29.4 Å². The first-order chi connectivity index (χ1) is 9.31. The Morgan fingerprint density at radius 3 is 2.80 bits per heavy atom. The number of hydrogen-bond acceptors (Lipinski definition) is 4. The maximum Gasteiger partial charge on any atom is 0.360 e. The maximum atomic E-state index is 13.2. The quantitative estimate of drug-likeness (QED) is 0.624. The molecular weight excluding hydrogens is 296 g/mol. The predicted molar refractivity (Wildman–Crippen MR) is 67.9 cm³/mol. The van der Waals surface area contributed by atoms with Crippen LogP contribution in [0.4, 0.5) is 14.7 Å². The molecule has 2 N–H and O–H groups in total. The van der Waals surface area contributed by atoms with E-state index in [9.17, 15) is 18.4 Å². The zero-order valence-corrected chi connectivity index (χ0v) is 11.3. The number of esters is 1. The smallest absolute Gasteiger partial charge is 0.360 e. The Balaban J connectivity index is 2.84. The number of anilines is 1. The third-order valence-corrected chi connectivity index (χ3v) is 2.37. The Morgan fingerprint density at radius 1 is 1.60 bits per heavy atom. The van der Waals surface area contributed by atoms with Crippen LogP contribution in [0.5, 0.6) is 0 Å². The Kier molecular flexibility index (Phi) is 5.20. The van der Waals surface area contributed by atoms with Crippen molar-refractivity contribution in [3.63, 3.8) is 0 Å². The Bertz CT molecular complexity index is 531. The Morgan fingerprint density at radius 2 is 2.25 bits per heavy atom. The molecule has 9 heteroatoms. The zero-order chi connectivity index (χ0) is 15.3. The average Bonchev–Trinajstić information content (AvgIpc) is 2.70. The van der Waals surface area contributed by atoms with Crippen LogP contribution in [0.2, 0.25) is 5.15 Å². The number of aromatic amines is 1. The van der Waals surface area contributed by atoms with E-state index in [1.807, 2.05) is 5.32 Å². The molecule has 110 valence electrons. The second-order valence-electron chi connectivity index (χ2n) is 3.62. The normalized spacial score (nSPS) is 11.0. The summed E-state index contributed by atoms with van der Waals surface area (Å²) in [5.74, 6) is -6.41. The van der Waals surface area contributed by atoms with Crippen molar-refractivity contribution in [2.45, 2.75) is 19.3 Å². The fourth-order valence-electron chi connectivity index (χ4n) is 1.22. The summed E-state index contributed by atoms with van der Waals surface area (Å²) in [5.41, 5.74) is -0.296. The summed E-state index contributed by atoms with van der Waals surface area (Å²) in [7, 11) is 0. The second-order valence-corrected chi connectivity index (χ2v) is 4.00. The van der Waals surface area contributed by atoms with Crippen LogP contribution in [0.1, 0.15) is 23.8 Å². The van der Waals surface area contributed by atoms with E-state index in [2.05, 4.69) is 21.3 Å². The van der Waals surface area contributed by atoms with Crippen molar-refractivity contribution in [2.75, 3.05) is 11.9 Å². The minimum absolute atomic E-state index is 0.0983. The molecule has 20 heavy (non-hydrogen) atoms. The van der Waals surface area contributed by atoms with Gasteiger partial charge in [0.1, 0.15) is 5.15 Å². The number of aromatic nitrogens is 2. The number of rotatable bonds is 6. The van der Waals surface area contributed by atoms with Crippen molar-refractivity contribution in [2.24, 2.45) is 0 Å². The van der Waals surface area contributed by atoms with Crippen LogP contribution in [0.3, 0.4) is 0 Å². The maximum absolute atomic E-state index is 13.2. The number of allylic oxidation sites excluding steroid dienone is 1. The predicted octanol–water partition coefficient (Wildman–Crippen LogP) is 2.39. The number of halogens is 3. The molecule has 0 aliphatic rings. The van der Waals surface area contributed by atoms with Crippen LogP contribution in [0.15, 0.2) is 12.7 Å². The molecule has 0 aliphatic carbocycles. The molecule has 1 rings (SSSR count). The van der Waals surface area contributed by atoms with Crippen LogP contribution in [0, 0.1) is 0 Å². The average molecular weight is 308 g/mol. The van der Waals surface area contributed by atoms with E-state index in [1.54, 1.807) is 6.92 Å². The largest absolute Gasteiger partial charge is 0.461 e. The lowest BCUT2D eigenvalue weighted by molar-refractivity contribution is -0.139. The summed E-state index contributed by atoms with van der Waals surface area (Å²) in [6.07, 6.45) is 0.0940. The molecule has 0 unspecified atom stereocenters. The van der Waals surface area contributed by atoms with Crippen molar-refractivity contribution < 1.29 is 23.1 Å². The summed E-state index contributed by atoms with van der Waals surface area (Å²) in [6.45, 7) is 4.81. The third kappa shape index (κ3) is 3.77. The Labute approximate surface area is 118 Å². The zero-order valence-electron chi connectivity index (χ0n) is 10.5. The minimum Gasteiger partial charge on any atom is -0.461 e. The van der Waals surface area contributed by atoms with Gasteiger partial charge in [0.15, 0.2) is 5.69 Å². The highest BCUT2D eigenvalue weighted by Gasteiger charge is 2.37. The van der Waals surface area contributed by atoms with E-state index in [0.29, 0.717) is 0 Å². The fraction of sp³-hybridized carbons (Fsp3) is 0.364. The van der Waals surface area contributed by atoms with Crippen molar-refractivity contribution in [3.05, 3.63) is 23.5 Å². The van der Waals surface area contributed by atoms with Gasteiger partial charge in [-0.2, -0.15) is 8.78 Å². The van der Waals surface area contributed by atoms with E-state index in [4.69, 9.17) is 11.6 Å². The summed E-state index contributed by atoms with van der Waals surface area (Å²) in [5, 5.41) is 1.61. The molecule has 1 aromatic heterocycles. The van der Waals surface area contributed by atoms with Gasteiger partial charge in [-0.1, -0.05) is 17.7 Å². The molecule has 0 aromatic carbocycles. The van der Waals surface area contributed by atoms with E-state index >= 15 is 0 Å². The van der Waals surface area contributed by atoms with Gasteiger partial charge in [0, 0.05) is 6.42 Å². The number of alkyl halides is 2. The van der Waals surface area contributed by atoms with Gasteiger partial charge >= 0.3 is 11.9 Å². The Hall–Kier alpha value is -1.96. The minimum atomic E-state index is -3.63. The SMILES string of the molecule is C=CCC(F)(F)C(=O)Nc1nc(C(=O)OCC)c(Cl)[nH]1. The summed E-state index contributed by atoms with van der Waals surface area (Å²) >= 11 is 5.66. The lowest BCUT2D eigenvalue weighted by Gasteiger charge is -2.12. The summed E-state index contributed by atoms with van der Waals surface area (Å²) in [4.78, 5) is 28.6. The van der Waals surface area contributed by atoms with E-state index in [-0.39, 0.29) is 23.4 Å². The van der Waals surface area contributed by atoms with Crippen molar-refractivity contribution in [1.82, 2.24) is 9.97 Å². The molecule has 0 bridgehead atoms. The molecule has 0 aliphatic heterocycles. The first-order valence-corrected chi connectivity index (χ1v) is 5.92. The lowest BCUT2D eigenvalue weighted by atomic mass is 10.2. The number of imidazole rings is 1. The number of ether oxygens (including phenoxy) is 1. The molecule has 0 atom stereocenters. The number of hydrogen-bond donors (Lipinski definition) is 2. The van der Waals surface area contributed by atoms with Crippen LogP contribution >= 0.6 is 11.6 Å². The fourth-order valence-corrected chi connectivity index (χ4v) is 1.43. The molecule has 1 heterocycles. The number of H-pyrrole nitrogens is 1. The van der Waals surface area contributed by atoms with Gasteiger partial charge < -0.3 is 9.72 Å². The molecule has 1 amide bonds. The molecule has 1 aromatic rings. The summed E-state index contributed by atoms with van der Waals surface area (Å²) in [6, 6.07) is 0. The van der Waals surface area contributed by atoms with Gasteiger partial charge in [0.25, 0.3) is 5.91 Å². The molecular formula is C11H12ClF2N3O3. The highest BCUT2D eigenvalue weighted by Crippen LogP contribution is 2.22. The topological polar surface area (TPSA) is 84.1 Å². The van der Waals surface area contributed by atoms with Gasteiger partial charge in [-0.15, -0.1) is 6.58 Å². The monoisotopic (exact) mass is 307 g/mol. The highest BCUT2D eigenvalue weighted by molar-refractivity contribution is 6.32. The molecule has 0 spiro atoms. The van der Waals surface area contributed by atoms with Gasteiger partial charge in [-0.3, -0.25) is 10.1 Å². The number of nitrogens with one attached hydrogen (secondary N) is 2. The highest BCUT2D eigenvalue weighted by atomic mass is 35.5. The third-order valence-electron chi connectivity index (χ3n) is 2.09. The molecule has 0 saturated heterocycles. The van der Waals surface area contributed by atoms with Crippen LogP contribution in [0.25, 0.3) is 0 Å². The van der Waals surface area contributed by atoms with Gasteiger partial charge in [-0.25, -0.2) is 9.78 Å². The standard InChI is InChI=1S/C11H12ClF2N3O3/c1-3-5-11(13,14)9(19)17-10-15-6(7(12)16-10)8(18)20-4-2/h3H,1,4-5H2,2H3,(H2,15,16,17,19). The first kappa shape index (κ1) is 16.1. The van der Waals surface area contributed by atoms with E-state index < -0.39 is 24.2 Å². The van der Waals surface area contributed by atoms with E-state index in [0.717, 1.165) is 6.08 Å². The van der Waals surface area contributed by atoms with Crippen molar-refractivity contribution in [3.8, 4) is 0 Å². The van der Waals surface area contributed by atoms with Crippen LogP contribution in [-0.4, -0.2) is 34.4 Å². The number of carbonyl (C=O) groups excluding carboxylic acids is 2. The number of amides is 1. The number of nitrogens with zero attached hydrogens (tertiary/aromatic N) is 1. The molecule has 0 fully saturated rings. The molecule has 6 nitrogen and oxygen atoms in total. The molecule has 0 saturated carbocycles. The van der Waals surface area contributed by atoms with Crippen LogP contribution in [-0.2, 0) is 9.53 Å². The van der Waals surface area contributed by atoms with Gasteiger partial charge in [-0.05, 0) is 6.92 Å².